The van der Waals surface area contributed by atoms with Crippen molar-refractivity contribution in [2.24, 2.45) is 0 Å². The molecule has 1 aromatic heterocycles. The lowest BCUT2D eigenvalue weighted by atomic mass is 10.2. The number of carbonyl (C=O) groups is 2. The molecule has 5 nitrogen and oxygen atoms in total. The summed E-state index contributed by atoms with van der Waals surface area (Å²) in [6.07, 6.45) is 0. The van der Waals surface area contributed by atoms with Gasteiger partial charge in [-0.2, -0.15) is 0 Å². The number of rotatable bonds is 5. The topological polar surface area (TPSA) is 52.7 Å². The van der Waals surface area contributed by atoms with Crippen LogP contribution in [-0.2, 0) is 4.79 Å². The molecular weight excluding hydrogens is 330 g/mol. The Morgan fingerprint density at radius 3 is 2.74 bits per heavy atom. The van der Waals surface area contributed by atoms with Crippen LogP contribution in [0.15, 0.2) is 11.4 Å². The minimum Gasteiger partial charge on any atom is -0.336 e. The van der Waals surface area contributed by atoms with Crippen LogP contribution in [-0.4, -0.2) is 53.2 Å². The van der Waals surface area contributed by atoms with Gasteiger partial charge in [-0.3, -0.25) is 4.79 Å². The van der Waals surface area contributed by atoms with Crippen LogP contribution in [0.4, 0.5) is 4.79 Å². The number of aryl methyl sites for hydroxylation is 1. The molecule has 0 spiro atoms. The molecule has 7 heteroatoms. The average molecular weight is 356 g/mol. The zero-order valence-electron chi connectivity index (χ0n) is 14.3. The van der Waals surface area contributed by atoms with E-state index in [-0.39, 0.29) is 28.6 Å². The van der Waals surface area contributed by atoms with Crippen molar-refractivity contribution in [1.29, 1.82) is 0 Å². The first-order chi connectivity index (χ1) is 10.8. The molecule has 0 aromatic carbocycles. The van der Waals surface area contributed by atoms with Crippen LogP contribution in [0.25, 0.3) is 0 Å². The molecule has 2 heterocycles. The zero-order valence-corrected chi connectivity index (χ0v) is 16.0. The predicted molar refractivity (Wildman–Crippen MR) is 96.9 cm³/mol. The van der Waals surface area contributed by atoms with Gasteiger partial charge >= 0.3 is 6.03 Å². The van der Waals surface area contributed by atoms with E-state index in [4.69, 9.17) is 0 Å². The van der Waals surface area contributed by atoms with Crippen LogP contribution in [0, 0.1) is 6.92 Å². The van der Waals surface area contributed by atoms with Crippen LogP contribution in [0.5, 0.6) is 0 Å². The Bertz CT molecular complexity index is 573. The zero-order chi connectivity index (χ0) is 17.1. The molecule has 2 rings (SSSR count). The molecule has 128 valence electrons. The molecule has 2 atom stereocenters. The highest BCUT2D eigenvalue weighted by atomic mass is 32.2. The van der Waals surface area contributed by atoms with Crippen LogP contribution in [0.3, 0.4) is 0 Å². The number of thioether (sulfide) groups is 1. The molecular formula is C16H25N3O2S2. The molecule has 1 saturated heterocycles. The third-order valence-electron chi connectivity index (χ3n) is 3.81. The number of urea groups is 1. The molecule has 0 bridgehead atoms. The summed E-state index contributed by atoms with van der Waals surface area (Å²) in [4.78, 5) is 29.2. The molecule has 1 N–H and O–H groups in total. The summed E-state index contributed by atoms with van der Waals surface area (Å²) < 4.78 is 0. The van der Waals surface area contributed by atoms with Gasteiger partial charge in [0, 0.05) is 31.1 Å². The maximum absolute atomic E-state index is 12.5. The van der Waals surface area contributed by atoms with Crippen molar-refractivity contribution in [3.05, 3.63) is 21.9 Å². The smallest absolute Gasteiger partial charge is 0.317 e. The number of hydrogen-bond acceptors (Lipinski definition) is 4. The van der Waals surface area contributed by atoms with Gasteiger partial charge in [-0.25, -0.2) is 4.79 Å². The van der Waals surface area contributed by atoms with E-state index in [1.807, 2.05) is 25.7 Å². The maximum Gasteiger partial charge on any atom is 0.317 e. The molecule has 1 aliphatic rings. The summed E-state index contributed by atoms with van der Waals surface area (Å²) in [5, 5.41) is 4.97. The summed E-state index contributed by atoms with van der Waals surface area (Å²) in [6, 6.07) is 2.10. The average Bonchev–Trinajstić information content (AvgIpc) is 3.01. The molecule has 23 heavy (non-hydrogen) atoms. The van der Waals surface area contributed by atoms with Gasteiger partial charge in [0.25, 0.3) is 0 Å². The van der Waals surface area contributed by atoms with Crippen LogP contribution < -0.4 is 5.32 Å². The number of carbonyl (C=O) groups excluding carboxylic acids is 2. The highest BCUT2D eigenvalue weighted by Crippen LogP contribution is 2.45. The van der Waals surface area contributed by atoms with Gasteiger partial charge < -0.3 is 15.1 Å². The maximum atomic E-state index is 12.5. The van der Waals surface area contributed by atoms with Gasteiger partial charge in [-0.1, -0.05) is 0 Å². The molecule has 1 aromatic rings. The summed E-state index contributed by atoms with van der Waals surface area (Å²) in [5.74, 6) is 0.158. The van der Waals surface area contributed by atoms with Crippen molar-refractivity contribution >= 4 is 35.0 Å². The van der Waals surface area contributed by atoms with Crippen molar-refractivity contribution in [3.8, 4) is 0 Å². The Labute approximate surface area is 146 Å². The van der Waals surface area contributed by atoms with E-state index in [0.29, 0.717) is 13.1 Å². The van der Waals surface area contributed by atoms with Gasteiger partial charge in [-0.15, -0.1) is 23.1 Å². The molecule has 1 fully saturated rings. The molecule has 1 aliphatic heterocycles. The van der Waals surface area contributed by atoms with Crippen molar-refractivity contribution in [2.75, 3.05) is 20.1 Å². The Balaban J connectivity index is 2.03. The lowest BCUT2D eigenvalue weighted by molar-refractivity contribution is -0.129. The van der Waals surface area contributed by atoms with E-state index in [0.717, 1.165) is 0 Å². The normalized spacial score (nSPS) is 21.1. The fourth-order valence-corrected chi connectivity index (χ4v) is 5.01. The second-order valence-corrected chi connectivity index (χ2v) is 8.53. The summed E-state index contributed by atoms with van der Waals surface area (Å²) in [6.45, 7) is 8.99. The molecule has 0 aliphatic carbocycles. The van der Waals surface area contributed by atoms with Crippen molar-refractivity contribution in [2.45, 2.75) is 44.4 Å². The van der Waals surface area contributed by atoms with Crippen LogP contribution in [0.2, 0.25) is 0 Å². The second kappa shape index (κ2) is 7.57. The van der Waals surface area contributed by atoms with E-state index in [1.54, 1.807) is 35.0 Å². The molecule has 0 saturated carbocycles. The number of nitrogens with one attached hydrogen (secondary N) is 1. The summed E-state index contributed by atoms with van der Waals surface area (Å²) >= 11 is 3.39. The van der Waals surface area contributed by atoms with Crippen molar-refractivity contribution in [3.63, 3.8) is 0 Å². The standard InChI is InChI=1S/C16H25N3O2S2/c1-10(2)17-16(21)18(5)7-8-19-14(20)12(4)23-15(19)13-11(3)6-9-22-13/h6,9-10,12,15H,7-8H2,1-5H3,(H,17,21)/t12-,15+/m1/s1. The highest BCUT2D eigenvalue weighted by molar-refractivity contribution is 8.01. The van der Waals surface area contributed by atoms with Gasteiger partial charge in [0.1, 0.15) is 5.37 Å². The van der Waals surface area contributed by atoms with E-state index in [2.05, 4.69) is 23.7 Å². The first-order valence-corrected chi connectivity index (χ1v) is 9.65. The molecule has 0 unspecified atom stereocenters. The van der Waals surface area contributed by atoms with Gasteiger partial charge in [-0.05, 0) is 44.7 Å². The quantitative estimate of drug-likeness (QED) is 0.883. The van der Waals surface area contributed by atoms with E-state index >= 15 is 0 Å². The number of thiophene rings is 1. The fraction of sp³-hybridized carbons (Fsp3) is 0.625. The largest absolute Gasteiger partial charge is 0.336 e. The monoisotopic (exact) mass is 355 g/mol. The molecule has 3 amide bonds. The number of likely N-dealkylation sites (N-methyl/N-ethyl adjacent to an activating group) is 1. The van der Waals surface area contributed by atoms with Crippen LogP contribution >= 0.6 is 23.1 Å². The Hall–Kier alpha value is -1.21. The Kier molecular flexibility index (Phi) is 5.97. The fourth-order valence-electron chi connectivity index (χ4n) is 2.46. The van der Waals surface area contributed by atoms with E-state index in [1.165, 1.54) is 10.4 Å². The first-order valence-electron chi connectivity index (χ1n) is 7.82. The van der Waals surface area contributed by atoms with Crippen LogP contribution in [0.1, 0.15) is 36.6 Å². The number of nitrogens with zero attached hydrogens (tertiary/aromatic N) is 2. The third-order valence-corrected chi connectivity index (χ3v) is 6.39. The van der Waals surface area contributed by atoms with E-state index < -0.39 is 0 Å². The molecule has 0 radical (unpaired) electrons. The van der Waals surface area contributed by atoms with Gasteiger partial charge in [0.05, 0.1) is 5.25 Å². The summed E-state index contributed by atoms with van der Waals surface area (Å²) in [7, 11) is 1.76. The summed E-state index contributed by atoms with van der Waals surface area (Å²) in [5.41, 5.74) is 1.23. The Morgan fingerprint density at radius 1 is 1.48 bits per heavy atom. The van der Waals surface area contributed by atoms with Gasteiger partial charge in [0.2, 0.25) is 5.91 Å². The lowest BCUT2D eigenvalue weighted by Gasteiger charge is -2.27. The number of amides is 3. The van der Waals surface area contributed by atoms with Crippen molar-refractivity contribution < 1.29 is 9.59 Å². The predicted octanol–water partition coefficient (Wildman–Crippen LogP) is 3.07. The van der Waals surface area contributed by atoms with Crippen molar-refractivity contribution in [1.82, 2.24) is 15.1 Å². The van der Waals surface area contributed by atoms with E-state index in [9.17, 15) is 9.59 Å². The third kappa shape index (κ3) is 4.20. The second-order valence-electron chi connectivity index (χ2n) is 6.16. The van der Waals surface area contributed by atoms with Gasteiger partial charge in [0.15, 0.2) is 0 Å². The first kappa shape index (κ1) is 18.1. The minimum absolute atomic E-state index is 0.0312. The number of hydrogen-bond donors (Lipinski definition) is 1. The minimum atomic E-state index is -0.101. The lowest BCUT2D eigenvalue weighted by Crippen LogP contribution is -2.44. The SMILES string of the molecule is Cc1ccsc1[C@@H]1S[C@H](C)C(=O)N1CCN(C)C(=O)NC(C)C. The Morgan fingerprint density at radius 2 is 2.17 bits per heavy atom. The highest BCUT2D eigenvalue weighted by Gasteiger charge is 2.39.